The summed E-state index contributed by atoms with van der Waals surface area (Å²) in [6.07, 6.45) is 1.68. The van der Waals surface area contributed by atoms with Gasteiger partial charge in [0, 0.05) is 22.7 Å². The van der Waals surface area contributed by atoms with Gasteiger partial charge in [-0.15, -0.1) is 0 Å². The lowest BCUT2D eigenvalue weighted by atomic mass is 10.1. The van der Waals surface area contributed by atoms with Gasteiger partial charge in [-0.2, -0.15) is 4.72 Å². The molecule has 0 aromatic heterocycles. The zero-order valence-corrected chi connectivity index (χ0v) is 13.3. The van der Waals surface area contributed by atoms with Crippen LogP contribution in [-0.2, 0) is 17.8 Å². The first-order chi connectivity index (χ1) is 10.6. The lowest BCUT2D eigenvalue weighted by Crippen LogP contribution is -2.37. The van der Waals surface area contributed by atoms with Crippen molar-refractivity contribution in [3.63, 3.8) is 0 Å². The molecule has 2 amide bonds. The summed E-state index contributed by atoms with van der Waals surface area (Å²) in [7, 11) is 0. The molecule has 0 spiro atoms. The van der Waals surface area contributed by atoms with Gasteiger partial charge in [-0.25, -0.2) is 4.79 Å². The van der Waals surface area contributed by atoms with E-state index >= 15 is 0 Å². The number of anilines is 1. The molecular weight excluding hydrogens is 320 g/mol. The van der Waals surface area contributed by atoms with Crippen LogP contribution >= 0.6 is 11.6 Å². The number of benzene rings is 2. The Kier molecular flexibility index (Phi) is 4.57. The van der Waals surface area contributed by atoms with Gasteiger partial charge in [0.1, 0.15) is 0 Å². The minimum absolute atomic E-state index is 0.146. The molecule has 0 fully saturated rings. The van der Waals surface area contributed by atoms with Crippen LogP contribution in [0, 0.1) is 0 Å². The van der Waals surface area contributed by atoms with Crippen molar-refractivity contribution in [3.05, 3.63) is 64.7 Å². The van der Waals surface area contributed by atoms with Crippen LogP contribution in [0.3, 0.4) is 0 Å². The molecule has 3 rings (SSSR count). The third-order valence-corrected chi connectivity index (χ3v) is 5.28. The highest BCUT2D eigenvalue weighted by molar-refractivity contribution is 7.90. The Hall–Kier alpha value is -1.69. The van der Waals surface area contributed by atoms with Crippen molar-refractivity contribution in [2.45, 2.75) is 18.1 Å². The summed E-state index contributed by atoms with van der Waals surface area (Å²) in [6.45, 7) is 0. The summed E-state index contributed by atoms with van der Waals surface area (Å²) in [5, 5.41) is 3.09. The first-order valence-electron chi connectivity index (χ1n) is 6.95. The molecule has 0 saturated heterocycles. The Bertz CT molecular complexity index is 678. The van der Waals surface area contributed by atoms with E-state index in [4.69, 9.17) is 11.6 Å². The number of amides is 2. The van der Waals surface area contributed by atoms with Gasteiger partial charge in [-0.3, -0.25) is 0 Å². The van der Waals surface area contributed by atoms with Gasteiger partial charge in [-0.1, -0.05) is 35.9 Å². The maximum atomic E-state index is 12.4. The molecule has 2 aromatic carbocycles. The maximum absolute atomic E-state index is 12.4. The van der Waals surface area contributed by atoms with Gasteiger partial charge < -0.3 is 9.87 Å². The maximum Gasteiger partial charge on any atom is 0.360 e. The molecule has 0 radical (unpaired) electrons. The number of halogens is 1. The number of urea groups is 1. The van der Waals surface area contributed by atoms with Gasteiger partial charge in [-0.05, 0) is 36.2 Å². The van der Waals surface area contributed by atoms with E-state index in [0.717, 1.165) is 18.4 Å². The molecule has 2 atom stereocenters. The molecular formula is C16H15ClN2O2S. The van der Waals surface area contributed by atoms with E-state index in [1.165, 1.54) is 5.56 Å². The summed E-state index contributed by atoms with van der Waals surface area (Å²) in [4.78, 5) is 11.9. The van der Waals surface area contributed by atoms with Crippen LogP contribution in [0.5, 0.6) is 0 Å². The highest BCUT2D eigenvalue weighted by atomic mass is 35.5. The van der Waals surface area contributed by atoms with Crippen molar-refractivity contribution in [1.29, 1.82) is 0 Å². The normalized spacial score (nSPS) is 17.6. The molecule has 0 heterocycles. The Morgan fingerprint density at radius 1 is 1.18 bits per heavy atom. The van der Waals surface area contributed by atoms with E-state index in [2.05, 4.69) is 10.0 Å². The van der Waals surface area contributed by atoms with Crippen LogP contribution in [-0.4, -0.2) is 10.6 Å². The predicted molar refractivity (Wildman–Crippen MR) is 89.3 cm³/mol. The zero-order valence-electron chi connectivity index (χ0n) is 11.7. The number of fused-ring (bicyclic) bond motifs is 1. The van der Waals surface area contributed by atoms with Crippen LogP contribution in [0.25, 0.3) is 0 Å². The zero-order chi connectivity index (χ0) is 15.5. The predicted octanol–water partition coefficient (Wildman–Crippen LogP) is 3.81. The topological polar surface area (TPSA) is 64.2 Å². The van der Waals surface area contributed by atoms with E-state index in [0.29, 0.717) is 10.7 Å². The second-order valence-corrected chi connectivity index (χ2v) is 6.89. The second kappa shape index (κ2) is 6.60. The highest BCUT2D eigenvalue weighted by Crippen LogP contribution is 2.36. The standard InChI is InChI=1S/C16H15ClN2O2S/c17-12-6-8-13(9-7-12)18-16(20)19-22(21)15-10-5-11-3-1-2-4-14(11)15/h1-4,6-9,15H,5,10H2,(H2,18,19,20). The first kappa shape index (κ1) is 15.2. The van der Waals surface area contributed by atoms with Crippen LogP contribution in [0.2, 0.25) is 5.02 Å². The quantitative estimate of drug-likeness (QED) is 0.838. The Morgan fingerprint density at radius 2 is 1.91 bits per heavy atom. The van der Waals surface area contributed by atoms with Gasteiger partial charge in [0.15, 0.2) is 5.25 Å². The molecule has 6 heteroatoms. The first-order valence-corrected chi connectivity index (χ1v) is 8.54. The van der Waals surface area contributed by atoms with Crippen molar-refractivity contribution in [1.82, 2.24) is 4.72 Å². The molecule has 22 heavy (non-hydrogen) atoms. The lowest BCUT2D eigenvalue weighted by molar-refractivity contribution is 0.256. The van der Waals surface area contributed by atoms with Crippen molar-refractivity contribution < 1.29 is 9.35 Å². The fourth-order valence-corrected chi connectivity index (χ4v) is 3.89. The minimum atomic E-state index is -1.45. The van der Waals surface area contributed by atoms with Crippen molar-refractivity contribution in [3.8, 4) is 0 Å². The molecule has 114 valence electrons. The number of hydrogen-bond donors (Lipinski definition) is 2. The summed E-state index contributed by atoms with van der Waals surface area (Å²) < 4.78 is 14.9. The average molecular weight is 335 g/mol. The molecule has 0 aliphatic heterocycles. The Morgan fingerprint density at radius 3 is 2.68 bits per heavy atom. The Balaban J connectivity index is 1.61. The Labute approximate surface area is 137 Å². The molecule has 1 aliphatic rings. The largest absolute Gasteiger partial charge is 0.592 e. The van der Waals surface area contributed by atoms with Gasteiger partial charge in [0.2, 0.25) is 0 Å². The van der Waals surface area contributed by atoms with Crippen molar-refractivity contribution >= 4 is 34.7 Å². The summed E-state index contributed by atoms with van der Waals surface area (Å²) in [6, 6.07) is 14.2. The number of aryl methyl sites for hydroxylation is 1. The fourth-order valence-electron chi connectivity index (χ4n) is 2.59. The molecule has 1 aliphatic carbocycles. The van der Waals surface area contributed by atoms with Gasteiger partial charge >= 0.3 is 6.03 Å². The van der Waals surface area contributed by atoms with E-state index in [9.17, 15) is 9.35 Å². The SMILES string of the molecule is O=C(Nc1ccc(Cl)cc1)N[S+]([O-])C1CCc2ccccc21. The van der Waals surface area contributed by atoms with Crippen LogP contribution < -0.4 is 10.0 Å². The van der Waals surface area contributed by atoms with Gasteiger partial charge in [0.25, 0.3) is 0 Å². The van der Waals surface area contributed by atoms with Crippen LogP contribution in [0.4, 0.5) is 10.5 Å². The van der Waals surface area contributed by atoms with E-state index in [-0.39, 0.29) is 5.25 Å². The number of rotatable bonds is 3. The van der Waals surface area contributed by atoms with Crippen molar-refractivity contribution in [2.24, 2.45) is 0 Å². The summed E-state index contributed by atoms with van der Waals surface area (Å²) in [5.41, 5.74) is 2.87. The van der Waals surface area contributed by atoms with Crippen molar-refractivity contribution in [2.75, 3.05) is 5.32 Å². The molecule has 2 N–H and O–H groups in total. The monoisotopic (exact) mass is 334 g/mol. The number of nitrogens with one attached hydrogen (secondary N) is 2. The summed E-state index contributed by atoms with van der Waals surface area (Å²) in [5.74, 6) is 0. The van der Waals surface area contributed by atoms with E-state index in [1.807, 2.05) is 24.3 Å². The highest BCUT2D eigenvalue weighted by Gasteiger charge is 2.33. The van der Waals surface area contributed by atoms with E-state index in [1.54, 1.807) is 24.3 Å². The molecule has 2 aromatic rings. The molecule has 0 saturated carbocycles. The van der Waals surface area contributed by atoms with Gasteiger partial charge in [0.05, 0.1) is 11.4 Å². The smallest absolute Gasteiger partial charge is 0.360 e. The second-order valence-electron chi connectivity index (χ2n) is 5.09. The van der Waals surface area contributed by atoms with Crippen LogP contribution in [0.15, 0.2) is 48.5 Å². The molecule has 0 bridgehead atoms. The molecule has 2 unspecified atom stereocenters. The lowest BCUT2D eigenvalue weighted by Gasteiger charge is -2.18. The third kappa shape index (κ3) is 3.38. The molecule has 4 nitrogen and oxygen atoms in total. The average Bonchev–Trinajstić information content (AvgIpc) is 2.93. The number of carbonyl (C=O) groups is 1. The minimum Gasteiger partial charge on any atom is -0.592 e. The number of carbonyl (C=O) groups excluding carboxylic acids is 1. The third-order valence-electron chi connectivity index (χ3n) is 3.63. The van der Waals surface area contributed by atoms with Crippen LogP contribution in [0.1, 0.15) is 22.8 Å². The van der Waals surface area contributed by atoms with E-state index < -0.39 is 17.4 Å². The fraction of sp³-hybridized carbons (Fsp3) is 0.188. The number of hydrogen-bond acceptors (Lipinski definition) is 2. The summed E-state index contributed by atoms with van der Waals surface area (Å²) >= 11 is 4.34.